The lowest BCUT2D eigenvalue weighted by Crippen LogP contribution is -2.22. The monoisotopic (exact) mass is 472 g/mol. The van der Waals surface area contributed by atoms with Gasteiger partial charge in [-0.25, -0.2) is 0 Å². The first-order valence-corrected chi connectivity index (χ1v) is 12.3. The second-order valence-corrected chi connectivity index (χ2v) is 8.84. The molecule has 0 aliphatic heterocycles. The van der Waals surface area contributed by atoms with E-state index < -0.39 is 0 Å². The molecular formula is C27H28N4O2S. The van der Waals surface area contributed by atoms with Crippen LogP contribution in [0.3, 0.4) is 0 Å². The Bertz CT molecular complexity index is 1180. The van der Waals surface area contributed by atoms with Crippen molar-refractivity contribution in [3.05, 3.63) is 90.5 Å². The Morgan fingerprint density at radius 3 is 2.32 bits per heavy atom. The second-order valence-electron chi connectivity index (χ2n) is 7.77. The number of nitrogens with zero attached hydrogens (tertiary/aromatic N) is 3. The fourth-order valence-corrected chi connectivity index (χ4v) is 4.49. The molecule has 0 aliphatic carbocycles. The predicted octanol–water partition coefficient (Wildman–Crippen LogP) is 5.52. The topological polar surface area (TPSA) is 69.0 Å². The quantitative estimate of drug-likeness (QED) is 0.230. The average molecular weight is 473 g/mol. The number of unbranched alkanes of at least 4 members (excludes halogenated alkanes) is 1. The zero-order valence-corrected chi connectivity index (χ0v) is 20.0. The molecule has 0 unspecified atom stereocenters. The number of amides is 1. The highest BCUT2D eigenvalue weighted by atomic mass is 32.2. The van der Waals surface area contributed by atoms with Crippen LogP contribution in [0.1, 0.15) is 24.8 Å². The Labute approximate surface area is 204 Å². The first-order chi connectivity index (χ1) is 16.7. The Balaban J connectivity index is 1.35. The molecule has 0 aliphatic rings. The standard InChI is InChI=1S/C27H28N4O2S/c1-33-24-17-15-23(16-18-24)31-26(22-12-6-3-7-13-22)29-30-27(31)34-19-9-8-14-25(32)28-20-21-10-4-2-5-11-21/h2-7,10-13,15-18H,8-9,14,19-20H2,1H3,(H,28,32). The van der Waals surface area contributed by atoms with E-state index in [0.717, 1.165) is 52.1 Å². The normalized spacial score (nSPS) is 10.7. The van der Waals surface area contributed by atoms with E-state index in [-0.39, 0.29) is 5.91 Å². The molecule has 0 saturated carbocycles. The predicted molar refractivity (Wildman–Crippen MR) is 136 cm³/mol. The van der Waals surface area contributed by atoms with Crippen molar-refractivity contribution in [3.63, 3.8) is 0 Å². The van der Waals surface area contributed by atoms with Gasteiger partial charge in [0.05, 0.1) is 7.11 Å². The van der Waals surface area contributed by atoms with Crippen molar-refractivity contribution in [1.82, 2.24) is 20.1 Å². The fraction of sp³-hybridized carbons (Fsp3) is 0.222. The number of nitrogens with one attached hydrogen (secondary N) is 1. The van der Waals surface area contributed by atoms with Gasteiger partial charge in [-0.3, -0.25) is 9.36 Å². The van der Waals surface area contributed by atoms with Gasteiger partial charge in [0, 0.05) is 30.0 Å². The third-order valence-electron chi connectivity index (χ3n) is 5.36. The summed E-state index contributed by atoms with van der Waals surface area (Å²) in [6.07, 6.45) is 2.27. The molecule has 6 nitrogen and oxygen atoms in total. The molecule has 4 rings (SSSR count). The van der Waals surface area contributed by atoms with E-state index >= 15 is 0 Å². The van der Waals surface area contributed by atoms with Gasteiger partial charge in [0.15, 0.2) is 11.0 Å². The zero-order chi connectivity index (χ0) is 23.6. The highest BCUT2D eigenvalue weighted by Gasteiger charge is 2.16. The van der Waals surface area contributed by atoms with Crippen LogP contribution in [-0.2, 0) is 11.3 Å². The van der Waals surface area contributed by atoms with Gasteiger partial charge >= 0.3 is 0 Å². The zero-order valence-electron chi connectivity index (χ0n) is 19.2. The lowest BCUT2D eigenvalue weighted by molar-refractivity contribution is -0.121. The van der Waals surface area contributed by atoms with Crippen LogP contribution in [0.4, 0.5) is 0 Å². The molecule has 3 aromatic carbocycles. The van der Waals surface area contributed by atoms with E-state index in [2.05, 4.69) is 20.1 Å². The summed E-state index contributed by atoms with van der Waals surface area (Å²) < 4.78 is 7.38. The summed E-state index contributed by atoms with van der Waals surface area (Å²) in [5.41, 5.74) is 3.10. The molecule has 1 heterocycles. The smallest absolute Gasteiger partial charge is 0.220 e. The summed E-state index contributed by atoms with van der Waals surface area (Å²) in [5, 5.41) is 12.8. The number of carbonyl (C=O) groups excluding carboxylic acids is 1. The minimum Gasteiger partial charge on any atom is -0.497 e. The molecule has 0 fully saturated rings. The molecule has 0 atom stereocenters. The van der Waals surface area contributed by atoms with Gasteiger partial charge in [-0.1, -0.05) is 72.4 Å². The molecule has 174 valence electrons. The first-order valence-electron chi connectivity index (χ1n) is 11.3. The van der Waals surface area contributed by atoms with Gasteiger partial charge < -0.3 is 10.1 Å². The summed E-state index contributed by atoms with van der Waals surface area (Å²) >= 11 is 1.66. The number of ether oxygens (including phenoxy) is 1. The summed E-state index contributed by atoms with van der Waals surface area (Å²) in [5.74, 6) is 2.54. The maximum Gasteiger partial charge on any atom is 0.220 e. The first kappa shape index (κ1) is 23.6. The fourth-order valence-electron chi connectivity index (χ4n) is 3.54. The van der Waals surface area contributed by atoms with E-state index in [1.165, 1.54) is 0 Å². The minimum absolute atomic E-state index is 0.0848. The minimum atomic E-state index is 0.0848. The van der Waals surface area contributed by atoms with Gasteiger partial charge in [0.2, 0.25) is 5.91 Å². The van der Waals surface area contributed by atoms with Crippen molar-refractivity contribution in [3.8, 4) is 22.8 Å². The number of hydrogen-bond acceptors (Lipinski definition) is 5. The number of thioether (sulfide) groups is 1. The molecule has 0 spiro atoms. The SMILES string of the molecule is COc1ccc(-n2c(SCCCCC(=O)NCc3ccccc3)nnc2-c2ccccc2)cc1. The maximum atomic E-state index is 12.1. The third-order valence-corrected chi connectivity index (χ3v) is 6.37. The van der Waals surface area contributed by atoms with Crippen molar-refractivity contribution in [2.24, 2.45) is 0 Å². The van der Waals surface area contributed by atoms with Crippen LogP contribution in [-0.4, -0.2) is 33.5 Å². The van der Waals surface area contributed by atoms with E-state index in [0.29, 0.717) is 13.0 Å². The van der Waals surface area contributed by atoms with Gasteiger partial charge in [0.25, 0.3) is 0 Å². The van der Waals surface area contributed by atoms with E-state index in [1.54, 1.807) is 18.9 Å². The largest absolute Gasteiger partial charge is 0.497 e. The summed E-state index contributed by atoms with van der Waals surface area (Å²) in [6, 6.07) is 27.9. The van der Waals surface area contributed by atoms with Crippen molar-refractivity contribution >= 4 is 17.7 Å². The second kappa shape index (κ2) is 12.0. The molecule has 0 radical (unpaired) electrons. The number of carbonyl (C=O) groups is 1. The molecule has 4 aromatic rings. The maximum absolute atomic E-state index is 12.1. The van der Waals surface area contributed by atoms with E-state index in [9.17, 15) is 4.79 Å². The number of aromatic nitrogens is 3. The van der Waals surface area contributed by atoms with Crippen molar-refractivity contribution < 1.29 is 9.53 Å². The van der Waals surface area contributed by atoms with Crippen molar-refractivity contribution in [1.29, 1.82) is 0 Å². The van der Waals surface area contributed by atoms with E-state index in [1.807, 2.05) is 84.9 Å². The van der Waals surface area contributed by atoms with Crippen LogP contribution in [0, 0.1) is 0 Å². The van der Waals surface area contributed by atoms with Gasteiger partial charge in [0.1, 0.15) is 5.75 Å². The summed E-state index contributed by atoms with van der Waals surface area (Å²) in [4.78, 5) is 12.1. The number of rotatable bonds is 11. The molecule has 0 saturated heterocycles. The van der Waals surface area contributed by atoms with Crippen LogP contribution >= 0.6 is 11.8 Å². The van der Waals surface area contributed by atoms with Crippen molar-refractivity contribution in [2.45, 2.75) is 31.0 Å². The van der Waals surface area contributed by atoms with E-state index in [4.69, 9.17) is 4.74 Å². The molecule has 7 heteroatoms. The lowest BCUT2D eigenvalue weighted by Gasteiger charge is -2.11. The Morgan fingerprint density at radius 2 is 1.62 bits per heavy atom. The Kier molecular flexibility index (Phi) is 8.35. The van der Waals surface area contributed by atoms with Crippen molar-refractivity contribution in [2.75, 3.05) is 12.9 Å². The van der Waals surface area contributed by atoms with Crippen LogP contribution in [0.25, 0.3) is 17.1 Å². The Hall–Kier alpha value is -3.58. The molecule has 1 aromatic heterocycles. The molecule has 34 heavy (non-hydrogen) atoms. The lowest BCUT2D eigenvalue weighted by atomic mass is 10.2. The molecule has 1 amide bonds. The van der Waals surface area contributed by atoms with Crippen LogP contribution in [0.5, 0.6) is 5.75 Å². The molecular weight excluding hydrogens is 444 g/mol. The van der Waals surface area contributed by atoms with Crippen LogP contribution in [0.2, 0.25) is 0 Å². The van der Waals surface area contributed by atoms with Crippen LogP contribution < -0.4 is 10.1 Å². The van der Waals surface area contributed by atoms with Gasteiger partial charge in [-0.05, 0) is 42.7 Å². The number of benzene rings is 3. The summed E-state index contributed by atoms with van der Waals surface area (Å²) in [7, 11) is 1.66. The number of methoxy groups -OCH3 is 1. The Morgan fingerprint density at radius 1 is 0.912 bits per heavy atom. The average Bonchev–Trinajstić information content (AvgIpc) is 3.32. The van der Waals surface area contributed by atoms with Gasteiger partial charge in [-0.15, -0.1) is 10.2 Å². The highest BCUT2D eigenvalue weighted by molar-refractivity contribution is 7.99. The molecule has 1 N–H and O–H groups in total. The number of hydrogen-bond donors (Lipinski definition) is 1. The molecule has 0 bridgehead atoms. The highest BCUT2D eigenvalue weighted by Crippen LogP contribution is 2.29. The summed E-state index contributed by atoms with van der Waals surface area (Å²) in [6.45, 7) is 0.571. The van der Waals surface area contributed by atoms with Gasteiger partial charge in [-0.2, -0.15) is 0 Å². The van der Waals surface area contributed by atoms with Crippen LogP contribution in [0.15, 0.2) is 90.1 Å². The third kappa shape index (κ3) is 6.26.